The van der Waals surface area contributed by atoms with Crippen molar-refractivity contribution < 1.29 is 22.7 Å². The second-order valence-electron chi connectivity index (χ2n) is 4.70. The molecule has 0 aliphatic heterocycles. The van der Waals surface area contributed by atoms with Crippen molar-refractivity contribution in [1.82, 2.24) is 0 Å². The summed E-state index contributed by atoms with van der Waals surface area (Å²) in [5.41, 5.74) is 5.96. The molecule has 1 unspecified atom stereocenters. The van der Waals surface area contributed by atoms with Gasteiger partial charge in [0, 0.05) is 12.5 Å². The molecule has 1 rings (SSSR count). The van der Waals surface area contributed by atoms with Gasteiger partial charge in [0.25, 0.3) is 0 Å². The average Bonchev–Trinajstić information content (AvgIpc) is 2.36. The predicted octanol–water partition coefficient (Wildman–Crippen LogP) is 3.08. The minimum Gasteiger partial charge on any atom is -0.482 e. The number of anilines is 1. The third kappa shape index (κ3) is 6.99. The number of alkyl halides is 3. The molecular formula is C14H19F3N2O2. The van der Waals surface area contributed by atoms with Crippen molar-refractivity contribution in [2.75, 3.05) is 11.9 Å². The number of rotatable bonds is 7. The summed E-state index contributed by atoms with van der Waals surface area (Å²) in [4.78, 5) is 11.8. The smallest absolute Gasteiger partial charge is 0.422 e. The second kappa shape index (κ2) is 7.87. The molecule has 1 aromatic carbocycles. The SMILES string of the molecule is CCCC(N)CC(=O)Nc1ccccc1OCC(F)(F)F. The van der Waals surface area contributed by atoms with Crippen LogP contribution >= 0.6 is 0 Å². The van der Waals surface area contributed by atoms with Gasteiger partial charge in [-0.25, -0.2) is 0 Å². The fourth-order valence-corrected chi connectivity index (χ4v) is 1.77. The number of hydrogen-bond acceptors (Lipinski definition) is 3. The van der Waals surface area contributed by atoms with E-state index in [0.717, 1.165) is 6.42 Å². The van der Waals surface area contributed by atoms with E-state index >= 15 is 0 Å². The molecule has 0 spiro atoms. The lowest BCUT2D eigenvalue weighted by Crippen LogP contribution is -2.27. The molecule has 0 aliphatic carbocycles. The molecule has 0 saturated heterocycles. The minimum absolute atomic E-state index is 0.0211. The molecule has 21 heavy (non-hydrogen) atoms. The molecule has 1 aromatic rings. The zero-order chi connectivity index (χ0) is 15.9. The molecule has 0 saturated carbocycles. The van der Waals surface area contributed by atoms with Crippen molar-refractivity contribution in [2.24, 2.45) is 5.73 Å². The highest BCUT2D eigenvalue weighted by atomic mass is 19.4. The van der Waals surface area contributed by atoms with E-state index in [4.69, 9.17) is 5.73 Å². The number of hydrogen-bond donors (Lipinski definition) is 2. The van der Waals surface area contributed by atoms with Crippen LogP contribution in [0.25, 0.3) is 0 Å². The van der Waals surface area contributed by atoms with Crippen molar-refractivity contribution in [3.8, 4) is 5.75 Å². The Bertz CT molecular complexity index is 464. The normalized spacial score (nSPS) is 12.8. The van der Waals surface area contributed by atoms with E-state index in [9.17, 15) is 18.0 Å². The second-order valence-corrected chi connectivity index (χ2v) is 4.70. The van der Waals surface area contributed by atoms with Crippen LogP contribution in [0.2, 0.25) is 0 Å². The van der Waals surface area contributed by atoms with Gasteiger partial charge in [0.2, 0.25) is 5.91 Å². The lowest BCUT2D eigenvalue weighted by atomic mass is 10.1. The van der Waals surface area contributed by atoms with Crippen molar-refractivity contribution in [3.05, 3.63) is 24.3 Å². The standard InChI is InChI=1S/C14H19F3N2O2/c1-2-5-10(18)8-13(20)19-11-6-3-4-7-12(11)21-9-14(15,16)17/h3-4,6-7,10H,2,5,8-9,18H2,1H3,(H,19,20). The highest BCUT2D eigenvalue weighted by Gasteiger charge is 2.28. The number of halogens is 3. The van der Waals surface area contributed by atoms with Crippen LogP contribution in [-0.2, 0) is 4.79 Å². The van der Waals surface area contributed by atoms with Crippen LogP contribution in [0.4, 0.5) is 18.9 Å². The third-order valence-corrected chi connectivity index (χ3v) is 2.66. The van der Waals surface area contributed by atoms with Crippen LogP contribution in [0.1, 0.15) is 26.2 Å². The fraction of sp³-hybridized carbons (Fsp3) is 0.500. The van der Waals surface area contributed by atoms with Crippen molar-refractivity contribution in [1.29, 1.82) is 0 Å². The van der Waals surface area contributed by atoms with E-state index in [0.29, 0.717) is 6.42 Å². The lowest BCUT2D eigenvalue weighted by molar-refractivity contribution is -0.153. The van der Waals surface area contributed by atoms with Gasteiger partial charge in [0.05, 0.1) is 5.69 Å². The van der Waals surface area contributed by atoms with Gasteiger partial charge in [-0.05, 0) is 18.6 Å². The van der Waals surface area contributed by atoms with E-state index in [-0.39, 0.29) is 29.8 Å². The Morgan fingerprint density at radius 3 is 2.67 bits per heavy atom. The predicted molar refractivity (Wildman–Crippen MR) is 74.1 cm³/mol. The highest BCUT2D eigenvalue weighted by Crippen LogP contribution is 2.26. The maximum Gasteiger partial charge on any atom is 0.422 e. The van der Waals surface area contributed by atoms with Crippen LogP contribution in [0.15, 0.2) is 24.3 Å². The van der Waals surface area contributed by atoms with Gasteiger partial charge in [-0.2, -0.15) is 13.2 Å². The maximum atomic E-state index is 12.2. The van der Waals surface area contributed by atoms with Crippen molar-refractivity contribution in [2.45, 2.75) is 38.4 Å². The van der Waals surface area contributed by atoms with Gasteiger partial charge >= 0.3 is 6.18 Å². The highest BCUT2D eigenvalue weighted by molar-refractivity contribution is 5.92. The van der Waals surface area contributed by atoms with Crippen LogP contribution in [0, 0.1) is 0 Å². The number of para-hydroxylation sites is 2. The molecule has 0 heterocycles. The zero-order valence-electron chi connectivity index (χ0n) is 11.7. The van der Waals surface area contributed by atoms with E-state index in [1.807, 2.05) is 6.92 Å². The first-order chi connectivity index (χ1) is 9.81. The largest absolute Gasteiger partial charge is 0.482 e. The van der Waals surface area contributed by atoms with Crippen LogP contribution in [-0.4, -0.2) is 24.7 Å². The first kappa shape index (κ1) is 17.3. The molecule has 1 amide bonds. The number of benzene rings is 1. The van der Waals surface area contributed by atoms with E-state index < -0.39 is 12.8 Å². The molecule has 0 bridgehead atoms. The molecule has 1 atom stereocenters. The lowest BCUT2D eigenvalue weighted by Gasteiger charge is -2.15. The molecule has 7 heteroatoms. The Labute approximate surface area is 121 Å². The Kier molecular flexibility index (Phi) is 6.48. The van der Waals surface area contributed by atoms with Crippen LogP contribution < -0.4 is 15.8 Å². The summed E-state index contributed by atoms with van der Waals surface area (Å²) in [6.07, 6.45) is -2.75. The Hall–Kier alpha value is -1.76. The number of amides is 1. The molecule has 0 fully saturated rings. The Morgan fingerprint density at radius 2 is 2.05 bits per heavy atom. The Morgan fingerprint density at radius 1 is 1.38 bits per heavy atom. The summed E-state index contributed by atoms with van der Waals surface area (Å²) in [5.74, 6) is -0.369. The molecule has 0 radical (unpaired) electrons. The first-order valence-electron chi connectivity index (χ1n) is 6.66. The average molecular weight is 304 g/mol. The van der Waals surface area contributed by atoms with Gasteiger partial charge < -0.3 is 15.8 Å². The summed E-state index contributed by atoms with van der Waals surface area (Å²) < 4.78 is 41.2. The monoisotopic (exact) mass is 304 g/mol. The van der Waals surface area contributed by atoms with Gasteiger partial charge in [0.1, 0.15) is 5.75 Å². The van der Waals surface area contributed by atoms with Gasteiger partial charge in [-0.15, -0.1) is 0 Å². The van der Waals surface area contributed by atoms with Gasteiger partial charge in [-0.1, -0.05) is 25.5 Å². The maximum absolute atomic E-state index is 12.2. The summed E-state index contributed by atoms with van der Waals surface area (Å²) in [6.45, 7) is 0.549. The number of nitrogens with two attached hydrogens (primary N) is 1. The molecule has 0 aliphatic rings. The molecule has 0 aromatic heterocycles. The zero-order valence-corrected chi connectivity index (χ0v) is 11.7. The van der Waals surface area contributed by atoms with Gasteiger partial charge in [0.15, 0.2) is 6.61 Å². The summed E-state index contributed by atoms with van der Waals surface area (Å²) in [5, 5.41) is 2.52. The number of ether oxygens (including phenoxy) is 1. The minimum atomic E-state index is -4.43. The van der Waals surface area contributed by atoms with E-state index in [1.54, 1.807) is 6.07 Å². The quantitative estimate of drug-likeness (QED) is 0.813. The summed E-state index contributed by atoms with van der Waals surface area (Å²) in [7, 11) is 0. The first-order valence-corrected chi connectivity index (χ1v) is 6.66. The van der Waals surface area contributed by atoms with E-state index in [1.165, 1.54) is 18.2 Å². The summed E-state index contributed by atoms with van der Waals surface area (Å²) >= 11 is 0. The topological polar surface area (TPSA) is 64.4 Å². The van der Waals surface area contributed by atoms with Crippen molar-refractivity contribution >= 4 is 11.6 Å². The third-order valence-electron chi connectivity index (χ3n) is 2.66. The molecule has 3 N–H and O–H groups in total. The van der Waals surface area contributed by atoms with Crippen molar-refractivity contribution in [3.63, 3.8) is 0 Å². The number of nitrogens with one attached hydrogen (secondary N) is 1. The summed E-state index contributed by atoms with van der Waals surface area (Å²) in [6, 6.07) is 5.72. The molecule has 4 nitrogen and oxygen atoms in total. The fourth-order valence-electron chi connectivity index (χ4n) is 1.77. The number of carbonyl (C=O) groups excluding carboxylic acids is 1. The number of carbonyl (C=O) groups is 1. The van der Waals surface area contributed by atoms with E-state index in [2.05, 4.69) is 10.1 Å². The van der Waals surface area contributed by atoms with Crippen LogP contribution in [0.5, 0.6) is 5.75 Å². The van der Waals surface area contributed by atoms with Gasteiger partial charge in [-0.3, -0.25) is 4.79 Å². The van der Waals surface area contributed by atoms with Crippen LogP contribution in [0.3, 0.4) is 0 Å². The molecular weight excluding hydrogens is 285 g/mol. The molecule has 118 valence electrons. The Balaban J connectivity index is 2.64.